The van der Waals surface area contributed by atoms with Crippen molar-refractivity contribution in [2.24, 2.45) is 15.9 Å². The Kier molecular flexibility index (Phi) is 10.9. The monoisotopic (exact) mass is 570 g/mol. The maximum absolute atomic E-state index is 15.0. The second kappa shape index (κ2) is 13.9. The number of aliphatic imine (C=N–C) groups is 2. The summed E-state index contributed by atoms with van der Waals surface area (Å²) in [5.41, 5.74) is 5.10. The van der Waals surface area contributed by atoms with Crippen LogP contribution in [0.5, 0.6) is 0 Å². The van der Waals surface area contributed by atoms with E-state index in [2.05, 4.69) is 29.4 Å². The summed E-state index contributed by atoms with van der Waals surface area (Å²) >= 11 is 1.28. The van der Waals surface area contributed by atoms with Crippen LogP contribution < -0.4 is 10.2 Å². The first-order valence-corrected chi connectivity index (χ1v) is 14.6. The third kappa shape index (κ3) is 7.48. The van der Waals surface area contributed by atoms with Gasteiger partial charge in [0.1, 0.15) is 17.3 Å². The SMILES string of the molecule is C/C=C(N=C(C)CO)/C(=C(/C)CC)C(=C(\N=C(/C)N(C)c1c(F)cc(SC)cc1F)Nc1cc(C)[nH]n1)/C1CC1. The van der Waals surface area contributed by atoms with E-state index in [4.69, 9.17) is 9.98 Å². The number of hydrogen-bond acceptors (Lipinski definition) is 6. The average Bonchev–Trinajstić information content (AvgIpc) is 3.68. The Bertz CT molecular complexity index is 1360. The number of halogens is 2. The van der Waals surface area contributed by atoms with Gasteiger partial charge in [0, 0.05) is 40.6 Å². The van der Waals surface area contributed by atoms with Crippen LogP contribution in [0.2, 0.25) is 0 Å². The number of aromatic nitrogens is 2. The van der Waals surface area contributed by atoms with Gasteiger partial charge in [-0.05, 0) is 78.2 Å². The Morgan fingerprint density at radius 1 is 1.20 bits per heavy atom. The molecule has 0 atom stereocenters. The van der Waals surface area contributed by atoms with Gasteiger partial charge in [-0.25, -0.2) is 13.8 Å². The summed E-state index contributed by atoms with van der Waals surface area (Å²) < 4.78 is 30.1. The molecule has 10 heteroatoms. The van der Waals surface area contributed by atoms with E-state index in [1.807, 2.05) is 26.0 Å². The zero-order valence-electron chi connectivity index (χ0n) is 24.6. The number of thioether (sulfide) groups is 1. The smallest absolute Gasteiger partial charge is 0.153 e. The van der Waals surface area contributed by atoms with E-state index < -0.39 is 11.6 Å². The van der Waals surface area contributed by atoms with E-state index in [0.717, 1.165) is 47.4 Å². The Morgan fingerprint density at radius 2 is 1.85 bits per heavy atom. The molecule has 1 aliphatic rings. The van der Waals surface area contributed by atoms with E-state index in [1.165, 1.54) is 28.8 Å². The van der Waals surface area contributed by atoms with Crippen molar-refractivity contribution in [1.82, 2.24) is 10.2 Å². The third-order valence-corrected chi connectivity index (χ3v) is 7.52. The maximum Gasteiger partial charge on any atom is 0.153 e. The molecule has 0 aliphatic heterocycles. The Morgan fingerprint density at radius 3 is 2.33 bits per heavy atom. The molecule has 40 heavy (non-hydrogen) atoms. The second-order valence-corrected chi connectivity index (χ2v) is 10.8. The molecule has 1 aromatic carbocycles. The van der Waals surface area contributed by atoms with Crippen LogP contribution in [0.3, 0.4) is 0 Å². The number of aryl methyl sites for hydroxylation is 1. The molecule has 7 nitrogen and oxygen atoms in total. The van der Waals surface area contributed by atoms with E-state index in [-0.39, 0.29) is 18.2 Å². The molecule has 3 N–H and O–H groups in total. The summed E-state index contributed by atoms with van der Waals surface area (Å²) in [6, 6.07) is 4.53. The van der Waals surface area contributed by atoms with Crippen molar-refractivity contribution < 1.29 is 13.9 Å². The molecule has 0 saturated heterocycles. The van der Waals surface area contributed by atoms with Gasteiger partial charge in [0.05, 0.1) is 12.3 Å². The quantitative estimate of drug-likeness (QED) is 0.113. The van der Waals surface area contributed by atoms with Crippen LogP contribution in [0, 0.1) is 24.5 Å². The standard InChI is InChI=1S/C30H40F2N6OS/c1-9-17(3)27(25(10-2)33-19(5)16-39)28(21-11-12-21)30(35-26-13-18(4)36-37-26)34-20(6)38(7)29-23(31)14-22(40-8)15-24(29)32/h10,13-15,21,39H,9,11-12,16H2,1-8H3,(H2,35,36,37)/b25-10-,27-17+,30-28+,33-19?,34-20+. The summed E-state index contributed by atoms with van der Waals surface area (Å²) in [5, 5.41) is 20.4. The zero-order valence-corrected chi connectivity index (χ0v) is 25.4. The van der Waals surface area contributed by atoms with Gasteiger partial charge in [-0.15, -0.1) is 11.8 Å². The fourth-order valence-electron chi connectivity index (χ4n) is 4.29. The molecule has 0 spiro atoms. The lowest BCUT2D eigenvalue weighted by atomic mass is 9.92. The number of nitrogens with zero attached hydrogens (tertiary/aromatic N) is 4. The van der Waals surface area contributed by atoms with Crippen LogP contribution in [-0.2, 0) is 0 Å². The first kappa shape index (κ1) is 31.3. The van der Waals surface area contributed by atoms with Gasteiger partial charge < -0.3 is 15.3 Å². The normalized spacial score (nSPS) is 16.1. The van der Waals surface area contributed by atoms with Crippen molar-refractivity contribution in [2.45, 2.75) is 65.7 Å². The third-order valence-electron chi connectivity index (χ3n) is 6.81. The lowest BCUT2D eigenvalue weighted by Gasteiger charge is -2.23. The molecule has 0 unspecified atom stereocenters. The van der Waals surface area contributed by atoms with Crippen molar-refractivity contribution >= 4 is 34.8 Å². The van der Waals surface area contributed by atoms with Crippen molar-refractivity contribution in [3.63, 3.8) is 0 Å². The highest BCUT2D eigenvalue weighted by atomic mass is 32.2. The Hall–Kier alpha value is -3.24. The number of aliphatic hydroxyl groups is 1. The topological polar surface area (TPSA) is 88.9 Å². The highest BCUT2D eigenvalue weighted by Crippen LogP contribution is 2.45. The molecule has 1 heterocycles. The molecular weight excluding hydrogens is 530 g/mol. The van der Waals surface area contributed by atoms with Crippen molar-refractivity contribution in [1.29, 1.82) is 0 Å². The highest BCUT2D eigenvalue weighted by Gasteiger charge is 2.34. The second-order valence-electron chi connectivity index (χ2n) is 9.94. The summed E-state index contributed by atoms with van der Waals surface area (Å²) in [5.74, 6) is 0.425. The van der Waals surface area contributed by atoms with Gasteiger partial charge >= 0.3 is 0 Å². The summed E-state index contributed by atoms with van der Waals surface area (Å²) in [6.45, 7) is 11.4. The molecule has 1 aliphatic carbocycles. The van der Waals surface area contributed by atoms with Crippen LogP contribution in [-0.4, -0.2) is 46.8 Å². The lowest BCUT2D eigenvalue weighted by Crippen LogP contribution is -2.26. The molecule has 216 valence electrons. The number of hydrogen-bond donors (Lipinski definition) is 3. The first-order chi connectivity index (χ1) is 19.0. The van der Waals surface area contributed by atoms with Crippen LogP contribution in [0.25, 0.3) is 0 Å². The Labute approximate surface area is 240 Å². The van der Waals surface area contributed by atoms with Gasteiger partial charge in [-0.2, -0.15) is 5.10 Å². The van der Waals surface area contributed by atoms with E-state index in [1.54, 1.807) is 27.2 Å². The molecular formula is C30H40F2N6OS. The molecule has 1 saturated carbocycles. The number of H-pyrrole nitrogens is 1. The predicted molar refractivity (Wildman–Crippen MR) is 163 cm³/mol. The molecule has 1 fully saturated rings. The number of aliphatic hydroxyl groups excluding tert-OH is 1. The summed E-state index contributed by atoms with van der Waals surface area (Å²) in [6.07, 6.45) is 6.45. The van der Waals surface area contributed by atoms with Crippen molar-refractivity contribution in [2.75, 3.05) is 30.1 Å². The van der Waals surface area contributed by atoms with Gasteiger partial charge in [0.25, 0.3) is 0 Å². The van der Waals surface area contributed by atoms with Crippen LogP contribution in [0.15, 0.2) is 67.4 Å². The van der Waals surface area contributed by atoms with E-state index >= 15 is 8.78 Å². The minimum absolute atomic E-state index is 0.148. The fourth-order valence-corrected chi connectivity index (χ4v) is 4.74. The van der Waals surface area contributed by atoms with Gasteiger partial charge in [-0.3, -0.25) is 10.1 Å². The molecule has 0 radical (unpaired) electrons. The van der Waals surface area contributed by atoms with Gasteiger partial charge in [0.15, 0.2) is 17.5 Å². The number of aromatic amines is 1. The van der Waals surface area contributed by atoms with Crippen LogP contribution in [0.4, 0.5) is 20.3 Å². The number of amidine groups is 1. The lowest BCUT2D eigenvalue weighted by molar-refractivity contribution is 0.356. The average molecular weight is 571 g/mol. The largest absolute Gasteiger partial charge is 0.390 e. The zero-order chi connectivity index (χ0) is 29.6. The molecule has 1 aromatic heterocycles. The van der Waals surface area contributed by atoms with Gasteiger partial charge in [0.2, 0.25) is 0 Å². The molecule has 2 aromatic rings. The summed E-state index contributed by atoms with van der Waals surface area (Å²) in [4.78, 5) is 11.6. The van der Waals surface area contributed by atoms with E-state index in [9.17, 15) is 5.11 Å². The van der Waals surface area contributed by atoms with Gasteiger partial charge in [-0.1, -0.05) is 18.6 Å². The number of rotatable bonds is 11. The number of benzene rings is 1. The van der Waals surface area contributed by atoms with E-state index in [0.29, 0.717) is 28.1 Å². The molecule has 0 amide bonds. The van der Waals surface area contributed by atoms with Crippen molar-refractivity contribution in [3.05, 3.63) is 69.8 Å². The fraction of sp³-hybridized carbons (Fsp3) is 0.433. The minimum atomic E-state index is -0.655. The van der Waals surface area contributed by atoms with Crippen molar-refractivity contribution in [3.8, 4) is 0 Å². The van der Waals surface area contributed by atoms with Crippen LogP contribution >= 0.6 is 11.8 Å². The number of anilines is 2. The highest BCUT2D eigenvalue weighted by molar-refractivity contribution is 7.98. The first-order valence-electron chi connectivity index (χ1n) is 13.4. The number of nitrogens with one attached hydrogen (secondary N) is 2. The predicted octanol–water partition coefficient (Wildman–Crippen LogP) is 7.39. The van der Waals surface area contributed by atoms with Crippen LogP contribution in [0.1, 0.15) is 59.6 Å². The Balaban J connectivity index is 2.27. The number of allylic oxidation sites excluding steroid dienone is 3. The maximum atomic E-state index is 15.0. The molecule has 3 rings (SSSR count). The minimum Gasteiger partial charge on any atom is -0.390 e. The molecule has 0 bridgehead atoms. The summed E-state index contributed by atoms with van der Waals surface area (Å²) in [7, 11) is 1.60.